The summed E-state index contributed by atoms with van der Waals surface area (Å²) in [5, 5.41) is 2.96. The zero-order valence-corrected chi connectivity index (χ0v) is 15.5. The fourth-order valence-corrected chi connectivity index (χ4v) is 2.76. The molecule has 1 amide bonds. The van der Waals surface area contributed by atoms with Gasteiger partial charge in [-0.25, -0.2) is 0 Å². The summed E-state index contributed by atoms with van der Waals surface area (Å²) in [6.07, 6.45) is 9.35. The van der Waals surface area contributed by atoms with Gasteiger partial charge in [0.05, 0.1) is 0 Å². The molecular weight excluding hydrogens is 320 g/mol. The van der Waals surface area contributed by atoms with E-state index in [2.05, 4.69) is 55.2 Å². The van der Waals surface area contributed by atoms with Crippen LogP contribution in [0.3, 0.4) is 0 Å². The van der Waals surface area contributed by atoms with Crippen molar-refractivity contribution in [2.24, 2.45) is 10.9 Å². The van der Waals surface area contributed by atoms with Crippen LogP contribution in [0.4, 0.5) is 0 Å². The summed E-state index contributed by atoms with van der Waals surface area (Å²) < 4.78 is 0. The maximum Gasteiger partial charge on any atom is 0.228 e. The fraction of sp³-hybridized carbons (Fsp3) is 0.217. The number of rotatable bonds is 8. The molecule has 1 aromatic rings. The minimum absolute atomic E-state index is 0.0204. The summed E-state index contributed by atoms with van der Waals surface area (Å²) in [5.74, 6) is 0.363. The average Bonchev–Trinajstić information content (AvgIpc) is 3.41. The number of benzene rings is 1. The van der Waals surface area contributed by atoms with Crippen LogP contribution in [0.25, 0.3) is 0 Å². The topological polar surface area (TPSA) is 41.5 Å². The minimum atomic E-state index is 0.0204. The minimum Gasteiger partial charge on any atom is -0.326 e. The van der Waals surface area contributed by atoms with Crippen molar-refractivity contribution in [2.45, 2.75) is 26.2 Å². The van der Waals surface area contributed by atoms with Crippen molar-refractivity contribution >= 4 is 12.1 Å². The number of hydrogen-bond acceptors (Lipinski definition) is 2. The van der Waals surface area contributed by atoms with E-state index < -0.39 is 0 Å². The number of amides is 1. The van der Waals surface area contributed by atoms with E-state index >= 15 is 0 Å². The normalized spacial score (nSPS) is 19.9. The van der Waals surface area contributed by atoms with E-state index in [1.54, 1.807) is 12.3 Å². The van der Waals surface area contributed by atoms with Crippen molar-refractivity contribution < 1.29 is 4.79 Å². The van der Waals surface area contributed by atoms with Crippen molar-refractivity contribution in [2.75, 3.05) is 0 Å². The van der Waals surface area contributed by atoms with Crippen LogP contribution in [0, 0.1) is 12.8 Å². The van der Waals surface area contributed by atoms with Gasteiger partial charge >= 0.3 is 0 Å². The quantitative estimate of drug-likeness (QED) is 0.522. The van der Waals surface area contributed by atoms with Crippen LogP contribution < -0.4 is 5.32 Å². The molecule has 0 aliphatic heterocycles. The number of carbonyl (C=O) groups excluding carboxylic acids is 1. The molecule has 3 nitrogen and oxygen atoms in total. The molecule has 134 valence electrons. The number of nitrogens with one attached hydrogen (secondary N) is 1. The molecule has 1 aliphatic rings. The number of hydrogen-bond donors (Lipinski definition) is 1. The highest BCUT2D eigenvalue weighted by atomic mass is 16.2. The highest BCUT2D eigenvalue weighted by molar-refractivity contribution is 5.86. The third-order valence-corrected chi connectivity index (χ3v) is 4.34. The Bertz CT molecular complexity index is 811. The molecular formula is C23H26N2O. The zero-order chi connectivity index (χ0) is 19.1. The highest BCUT2D eigenvalue weighted by Gasteiger charge is 2.43. The van der Waals surface area contributed by atoms with Gasteiger partial charge in [0.25, 0.3) is 0 Å². The lowest BCUT2D eigenvalue weighted by molar-refractivity contribution is -0.121. The molecule has 1 fully saturated rings. The van der Waals surface area contributed by atoms with Crippen LogP contribution in [0.2, 0.25) is 0 Å². The Labute approximate surface area is 156 Å². The molecule has 0 radical (unpaired) electrons. The highest BCUT2D eigenvalue weighted by Crippen LogP contribution is 2.47. The van der Waals surface area contributed by atoms with E-state index in [0.29, 0.717) is 11.6 Å². The van der Waals surface area contributed by atoms with Crippen molar-refractivity contribution in [1.29, 1.82) is 0 Å². The lowest BCUT2D eigenvalue weighted by Gasteiger charge is -2.06. The third kappa shape index (κ3) is 5.28. The standard InChI is InChI=1S/C23H26N2O/c1-6-20(12-11-19(16(3)4)15-24-7-2)25-23(26)22-14-21(22)18-10-8-9-17(5)13-18/h6-13,15,21-22H,1-3,14H2,4-5H3,(H,25,26)/b19-11-,20-12+,24-15?/t21-,22+/m0/s1. The summed E-state index contributed by atoms with van der Waals surface area (Å²) in [6, 6.07) is 8.36. The van der Waals surface area contributed by atoms with Crippen LogP contribution in [-0.2, 0) is 4.79 Å². The molecule has 0 aromatic heterocycles. The van der Waals surface area contributed by atoms with Crippen molar-refractivity contribution in [3.8, 4) is 0 Å². The predicted molar refractivity (Wildman–Crippen MR) is 110 cm³/mol. The molecule has 1 N–H and O–H groups in total. The average molecular weight is 346 g/mol. The summed E-state index contributed by atoms with van der Waals surface area (Å²) in [4.78, 5) is 16.5. The first-order valence-electron chi connectivity index (χ1n) is 8.68. The molecule has 2 atom stereocenters. The van der Waals surface area contributed by atoms with Gasteiger partial charge in [0.1, 0.15) is 0 Å². The molecule has 26 heavy (non-hydrogen) atoms. The molecule has 0 bridgehead atoms. The molecule has 3 heteroatoms. The first-order chi connectivity index (χ1) is 12.5. The summed E-state index contributed by atoms with van der Waals surface area (Å²) in [7, 11) is 0. The zero-order valence-electron chi connectivity index (χ0n) is 15.5. The molecule has 0 spiro atoms. The van der Waals surface area contributed by atoms with Crippen LogP contribution in [0.1, 0.15) is 30.4 Å². The maximum atomic E-state index is 12.5. The predicted octanol–water partition coefficient (Wildman–Crippen LogP) is 5.00. The van der Waals surface area contributed by atoms with Gasteiger partial charge in [-0.3, -0.25) is 9.79 Å². The Morgan fingerprint density at radius 2 is 2.08 bits per heavy atom. The molecule has 0 heterocycles. The smallest absolute Gasteiger partial charge is 0.228 e. The molecule has 0 unspecified atom stereocenters. The van der Waals surface area contributed by atoms with Gasteiger partial charge < -0.3 is 5.32 Å². The Kier molecular flexibility index (Phi) is 6.67. The van der Waals surface area contributed by atoms with Gasteiger partial charge in [-0.1, -0.05) is 55.6 Å². The van der Waals surface area contributed by atoms with Gasteiger partial charge in [0, 0.05) is 24.0 Å². The van der Waals surface area contributed by atoms with Crippen LogP contribution in [0.15, 0.2) is 90.3 Å². The van der Waals surface area contributed by atoms with Crippen LogP contribution >= 0.6 is 0 Å². The summed E-state index contributed by atoms with van der Waals surface area (Å²) >= 11 is 0. The fourth-order valence-electron chi connectivity index (χ4n) is 2.76. The maximum absolute atomic E-state index is 12.5. The van der Waals surface area contributed by atoms with E-state index in [9.17, 15) is 4.79 Å². The summed E-state index contributed by atoms with van der Waals surface area (Å²) in [6.45, 7) is 15.2. The number of carbonyl (C=O) groups is 1. The lowest BCUT2D eigenvalue weighted by atomic mass is 10.1. The van der Waals surface area contributed by atoms with Gasteiger partial charge in [-0.05, 0) is 55.0 Å². The van der Waals surface area contributed by atoms with Gasteiger partial charge in [-0.2, -0.15) is 0 Å². The SMILES string of the molecule is C=CN=C/C(=C/C=C(\C=C)NC(=O)[C@@H]1C[C@H]1c1cccc(C)c1)C(=C)C. The lowest BCUT2D eigenvalue weighted by Crippen LogP contribution is -2.23. The number of allylic oxidation sites excluding steroid dienone is 5. The molecule has 1 saturated carbocycles. The Morgan fingerprint density at radius 3 is 2.69 bits per heavy atom. The second-order valence-electron chi connectivity index (χ2n) is 6.54. The number of aliphatic imine (C=N–C) groups is 1. The van der Waals surface area contributed by atoms with Crippen molar-refractivity contribution in [3.05, 3.63) is 96.4 Å². The van der Waals surface area contributed by atoms with E-state index in [-0.39, 0.29) is 11.8 Å². The largest absolute Gasteiger partial charge is 0.326 e. The monoisotopic (exact) mass is 346 g/mol. The van der Waals surface area contributed by atoms with Crippen molar-refractivity contribution in [3.63, 3.8) is 0 Å². The first kappa shape index (κ1) is 19.4. The molecule has 1 aliphatic carbocycles. The van der Waals surface area contributed by atoms with E-state index in [0.717, 1.165) is 17.6 Å². The third-order valence-electron chi connectivity index (χ3n) is 4.34. The van der Waals surface area contributed by atoms with Gasteiger partial charge in [-0.15, -0.1) is 0 Å². The second kappa shape index (κ2) is 8.95. The van der Waals surface area contributed by atoms with Crippen molar-refractivity contribution in [1.82, 2.24) is 5.32 Å². The Balaban J connectivity index is 2.04. The van der Waals surface area contributed by atoms with Crippen LogP contribution in [0.5, 0.6) is 0 Å². The van der Waals surface area contributed by atoms with E-state index in [4.69, 9.17) is 0 Å². The molecule has 1 aromatic carbocycles. The number of nitrogens with zero attached hydrogens (tertiary/aromatic N) is 1. The van der Waals surface area contributed by atoms with E-state index in [1.807, 2.05) is 25.1 Å². The van der Waals surface area contributed by atoms with Gasteiger partial charge in [0.2, 0.25) is 5.91 Å². The van der Waals surface area contributed by atoms with Crippen LogP contribution in [-0.4, -0.2) is 12.1 Å². The second-order valence-corrected chi connectivity index (χ2v) is 6.54. The first-order valence-corrected chi connectivity index (χ1v) is 8.68. The van der Waals surface area contributed by atoms with Gasteiger partial charge in [0.15, 0.2) is 0 Å². The summed E-state index contributed by atoms with van der Waals surface area (Å²) in [5.41, 5.74) is 4.86. The Morgan fingerprint density at radius 1 is 1.31 bits per heavy atom. The molecule has 2 rings (SSSR count). The Hall–Kier alpha value is -2.94. The van der Waals surface area contributed by atoms with E-state index in [1.165, 1.54) is 17.3 Å². The molecule has 0 saturated heterocycles. The number of aryl methyl sites for hydroxylation is 1.